The molecule has 2 saturated heterocycles. The Morgan fingerprint density at radius 1 is 0.833 bits per heavy atom. The lowest BCUT2D eigenvalue weighted by Gasteiger charge is -2.30. The first-order valence-electron chi connectivity index (χ1n) is 12.3. The Labute approximate surface area is 208 Å². The van der Waals surface area contributed by atoms with E-state index in [9.17, 15) is 18.8 Å². The zero-order valence-corrected chi connectivity index (χ0v) is 19.9. The molecule has 1 spiro atoms. The summed E-state index contributed by atoms with van der Waals surface area (Å²) in [6.45, 7) is 2.16. The molecule has 0 aliphatic carbocycles. The number of amides is 3. The van der Waals surface area contributed by atoms with E-state index in [2.05, 4.69) is 5.32 Å². The summed E-state index contributed by atoms with van der Waals surface area (Å²) in [5, 5.41) is 3.45. The molecule has 3 aromatic carbocycles. The zero-order valence-electron chi connectivity index (χ0n) is 19.9. The van der Waals surface area contributed by atoms with Gasteiger partial charge in [-0.2, -0.15) is 0 Å². The van der Waals surface area contributed by atoms with Gasteiger partial charge in [0.2, 0.25) is 11.8 Å². The van der Waals surface area contributed by atoms with Crippen molar-refractivity contribution in [1.82, 2.24) is 10.2 Å². The van der Waals surface area contributed by atoms with Crippen molar-refractivity contribution in [3.05, 3.63) is 101 Å². The molecule has 36 heavy (non-hydrogen) atoms. The molecule has 2 fully saturated rings. The Bertz CT molecular complexity index is 1380. The van der Waals surface area contributed by atoms with Gasteiger partial charge in [-0.05, 0) is 24.1 Å². The quantitative estimate of drug-likeness (QED) is 0.562. The van der Waals surface area contributed by atoms with Crippen molar-refractivity contribution >= 4 is 23.4 Å². The van der Waals surface area contributed by atoms with Gasteiger partial charge in [0, 0.05) is 22.9 Å². The molecule has 0 unspecified atom stereocenters. The maximum atomic E-state index is 14.6. The Balaban J connectivity index is 1.44. The predicted octanol–water partition coefficient (Wildman–Crippen LogP) is 3.75. The molecule has 4 atom stereocenters. The van der Waals surface area contributed by atoms with Crippen molar-refractivity contribution in [2.24, 2.45) is 11.8 Å². The molecule has 0 radical (unpaired) electrons. The summed E-state index contributed by atoms with van der Waals surface area (Å²) in [6.07, 6.45) is 0.587. The second kappa shape index (κ2) is 8.38. The van der Waals surface area contributed by atoms with Gasteiger partial charge in [0.25, 0.3) is 5.91 Å². The standard InChI is InChI=1S/C29H26FN3O3/c1-2-22-24-25(27(35)33(26(24)34)16-18-10-4-3-5-11-18)29(31-22)20-13-7-9-15-23(20)32(28(29)36)17-19-12-6-8-14-21(19)30/h3-15,22,24-25,31H,2,16-17H2,1H3/t22-,24+,25+,29-/m0/s1. The molecule has 182 valence electrons. The van der Waals surface area contributed by atoms with Gasteiger partial charge >= 0.3 is 0 Å². The van der Waals surface area contributed by atoms with E-state index in [1.165, 1.54) is 11.0 Å². The Morgan fingerprint density at radius 2 is 1.53 bits per heavy atom. The van der Waals surface area contributed by atoms with Crippen LogP contribution < -0.4 is 10.2 Å². The van der Waals surface area contributed by atoms with E-state index in [-0.39, 0.29) is 36.9 Å². The molecule has 1 N–H and O–H groups in total. The molecular weight excluding hydrogens is 457 g/mol. The summed E-state index contributed by atoms with van der Waals surface area (Å²) in [4.78, 5) is 44.7. The lowest BCUT2D eigenvalue weighted by Crippen LogP contribution is -2.55. The summed E-state index contributed by atoms with van der Waals surface area (Å²) in [5.74, 6) is -2.81. The van der Waals surface area contributed by atoms with Crippen LogP contribution >= 0.6 is 0 Å². The topological polar surface area (TPSA) is 69.7 Å². The third-order valence-corrected chi connectivity index (χ3v) is 7.87. The number of nitrogens with zero attached hydrogens (tertiary/aromatic N) is 2. The molecule has 3 aromatic rings. The fourth-order valence-electron chi connectivity index (χ4n) is 6.24. The van der Waals surface area contributed by atoms with Crippen LogP contribution in [0.15, 0.2) is 78.9 Å². The van der Waals surface area contributed by atoms with Gasteiger partial charge in [0.15, 0.2) is 0 Å². The number of hydrogen-bond acceptors (Lipinski definition) is 4. The van der Waals surface area contributed by atoms with Crippen molar-refractivity contribution in [1.29, 1.82) is 0 Å². The molecule has 3 aliphatic rings. The normalized spacial score (nSPS) is 26.7. The number of anilines is 1. The average Bonchev–Trinajstić information content (AvgIpc) is 3.46. The molecule has 0 saturated carbocycles. The van der Waals surface area contributed by atoms with Gasteiger partial charge in [0.05, 0.1) is 24.9 Å². The van der Waals surface area contributed by atoms with E-state index in [0.717, 1.165) is 5.56 Å². The summed E-state index contributed by atoms with van der Waals surface area (Å²) in [6, 6.07) is 22.7. The van der Waals surface area contributed by atoms with E-state index in [4.69, 9.17) is 0 Å². The lowest BCUT2D eigenvalue weighted by molar-refractivity contribution is -0.143. The second-order valence-electron chi connectivity index (χ2n) is 9.72. The third-order valence-electron chi connectivity index (χ3n) is 7.87. The predicted molar refractivity (Wildman–Crippen MR) is 132 cm³/mol. The van der Waals surface area contributed by atoms with Crippen LogP contribution in [0.1, 0.15) is 30.0 Å². The summed E-state index contributed by atoms with van der Waals surface area (Å²) < 4.78 is 14.6. The van der Waals surface area contributed by atoms with Crippen molar-refractivity contribution in [2.45, 2.75) is 38.0 Å². The fourth-order valence-corrected chi connectivity index (χ4v) is 6.24. The number of benzene rings is 3. The van der Waals surface area contributed by atoms with E-state index in [0.29, 0.717) is 23.2 Å². The van der Waals surface area contributed by atoms with Crippen LogP contribution in [0.4, 0.5) is 10.1 Å². The first kappa shape index (κ1) is 22.6. The zero-order chi connectivity index (χ0) is 25.0. The van der Waals surface area contributed by atoms with Crippen LogP contribution in [0.3, 0.4) is 0 Å². The highest BCUT2D eigenvalue weighted by molar-refractivity contribution is 6.16. The monoisotopic (exact) mass is 483 g/mol. The lowest BCUT2D eigenvalue weighted by atomic mass is 9.76. The van der Waals surface area contributed by atoms with Crippen LogP contribution in [0, 0.1) is 17.7 Å². The molecule has 0 aromatic heterocycles. The minimum absolute atomic E-state index is 0.0377. The molecule has 0 bridgehead atoms. The van der Waals surface area contributed by atoms with Gasteiger partial charge in [0.1, 0.15) is 11.4 Å². The number of halogens is 1. The molecule has 3 heterocycles. The fraction of sp³-hybridized carbons (Fsp3) is 0.276. The van der Waals surface area contributed by atoms with Gasteiger partial charge in [-0.1, -0.05) is 73.7 Å². The number of carbonyl (C=O) groups is 3. The molecule has 6 rings (SSSR count). The van der Waals surface area contributed by atoms with Crippen molar-refractivity contribution in [3.63, 3.8) is 0 Å². The minimum atomic E-state index is -1.37. The van der Waals surface area contributed by atoms with E-state index in [1.54, 1.807) is 23.1 Å². The van der Waals surface area contributed by atoms with Crippen LogP contribution in [-0.4, -0.2) is 28.7 Å². The number of nitrogens with one attached hydrogen (secondary N) is 1. The number of carbonyl (C=O) groups excluding carboxylic acids is 3. The number of fused-ring (bicyclic) bond motifs is 4. The van der Waals surface area contributed by atoms with Gasteiger partial charge in [-0.15, -0.1) is 0 Å². The molecule has 6 nitrogen and oxygen atoms in total. The highest BCUT2D eigenvalue weighted by atomic mass is 19.1. The van der Waals surface area contributed by atoms with E-state index < -0.39 is 23.2 Å². The Morgan fingerprint density at radius 3 is 2.28 bits per heavy atom. The van der Waals surface area contributed by atoms with E-state index >= 15 is 0 Å². The number of hydrogen-bond donors (Lipinski definition) is 1. The number of imide groups is 1. The highest BCUT2D eigenvalue weighted by Gasteiger charge is 2.71. The van der Waals surface area contributed by atoms with Crippen LogP contribution in [-0.2, 0) is 33.0 Å². The van der Waals surface area contributed by atoms with Gasteiger partial charge in [-0.25, -0.2) is 4.39 Å². The molecule has 3 amide bonds. The maximum absolute atomic E-state index is 14.6. The van der Waals surface area contributed by atoms with Gasteiger partial charge in [-0.3, -0.25) is 24.6 Å². The summed E-state index contributed by atoms with van der Waals surface area (Å²) in [7, 11) is 0. The smallest absolute Gasteiger partial charge is 0.253 e. The minimum Gasteiger partial charge on any atom is -0.306 e. The molecular formula is C29H26FN3O3. The Hall–Kier alpha value is -3.84. The number of likely N-dealkylation sites (tertiary alicyclic amines) is 1. The van der Waals surface area contributed by atoms with Crippen LogP contribution in [0.5, 0.6) is 0 Å². The number of para-hydroxylation sites is 1. The van der Waals surface area contributed by atoms with E-state index in [1.807, 2.05) is 61.5 Å². The second-order valence-corrected chi connectivity index (χ2v) is 9.72. The van der Waals surface area contributed by atoms with Crippen molar-refractivity contribution in [3.8, 4) is 0 Å². The first-order valence-corrected chi connectivity index (χ1v) is 12.3. The van der Waals surface area contributed by atoms with Crippen LogP contribution in [0.25, 0.3) is 0 Å². The summed E-state index contributed by atoms with van der Waals surface area (Å²) in [5.41, 5.74) is 1.17. The first-order chi connectivity index (χ1) is 17.5. The van der Waals surface area contributed by atoms with Crippen molar-refractivity contribution in [2.75, 3.05) is 4.90 Å². The number of rotatable bonds is 5. The summed E-state index contributed by atoms with van der Waals surface area (Å²) >= 11 is 0. The molecule has 7 heteroatoms. The van der Waals surface area contributed by atoms with Crippen molar-refractivity contribution < 1.29 is 18.8 Å². The average molecular weight is 484 g/mol. The SMILES string of the molecule is CC[C@@H]1N[C@]2(C(=O)N(Cc3ccccc3F)c3ccccc32)[C@H]2C(=O)N(Cc3ccccc3)C(=O)[C@H]12. The molecule has 3 aliphatic heterocycles. The third kappa shape index (κ3) is 3.09. The highest BCUT2D eigenvalue weighted by Crippen LogP contribution is 2.55. The Kier molecular flexibility index (Phi) is 5.26. The maximum Gasteiger partial charge on any atom is 0.253 e. The van der Waals surface area contributed by atoms with Gasteiger partial charge < -0.3 is 4.90 Å². The largest absolute Gasteiger partial charge is 0.306 e. The van der Waals surface area contributed by atoms with Crippen LogP contribution in [0.2, 0.25) is 0 Å².